The second-order valence-electron chi connectivity index (χ2n) is 6.32. The Labute approximate surface area is 120 Å². The molecule has 3 nitrogen and oxygen atoms in total. The Bertz CT molecular complexity index is 539. The molecule has 1 fully saturated rings. The minimum Gasteiger partial charge on any atom is -0.400 e. The molecule has 0 atom stereocenters. The first-order valence-corrected chi connectivity index (χ1v) is 6.79. The van der Waals surface area contributed by atoms with Gasteiger partial charge in [0, 0.05) is 5.56 Å². The number of aromatic nitrogens is 1. The monoisotopic (exact) mass is 277 g/mol. The smallest absolute Gasteiger partial charge is 0.400 e. The third-order valence-corrected chi connectivity index (χ3v) is 4.06. The highest BCUT2D eigenvalue weighted by Gasteiger charge is 2.51. The highest BCUT2D eigenvalue weighted by Crippen LogP contribution is 2.38. The van der Waals surface area contributed by atoms with Gasteiger partial charge >= 0.3 is 7.12 Å². The van der Waals surface area contributed by atoms with Crippen molar-refractivity contribution in [3.8, 4) is 0 Å². The highest BCUT2D eigenvalue weighted by molar-refractivity contribution is 6.55. The molecule has 1 aliphatic heterocycles. The van der Waals surface area contributed by atoms with E-state index in [1.54, 1.807) is 25.1 Å². The Hall–Kier alpha value is -1.20. The number of hydrogen-bond donors (Lipinski definition) is 0. The molecule has 0 N–H and O–H groups in total. The molecular weight excluding hydrogens is 256 g/mol. The lowest BCUT2D eigenvalue weighted by atomic mass is 9.79. The Morgan fingerprint density at radius 1 is 1.20 bits per heavy atom. The summed E-state index contributed by atoms with van der Waals surface area (Å²) in [6.45, 7) is 11.6. The molecule has 0 unspecified atom stereocenters. The van der Waals surface area contributed by atoms with E-state index in [0.717, 1.165) is 5.47 Å². The molecular formula is C15H21BFNO2. The van der Waals surface area contributed by atoms with Gasteiger partial charge in [0.25, 0.3) is 0 Å². The van der Waals surface area contributed by atoms with E-state index in [9.17, 15) is 4.39 Å². The van der Waals surface area contributed by atoms with Gasteiger partial charge in [-0.1, -0.05) is 6.07 Å². The lowest BCUT2D eigenvalue weighted by Crippen LogP contribution is -2.41. The van der Waals surface area contributed by atoms with Gasteiger partial charge in [0.1, 0.15) is 0 Å². The Morgan fingerprint density at radius 3 is 2.25 bits per heavy atom. The first-order chi connectivity index (χ1) is 9.12. The van der Waals surface area contributed by atoms with E-state index in [1.165, 1.54) is 0 Å². The van der Waals surface area contributed by atoms with Crippen LogP contribution in [0.5, 0.6) is 0 Å². The van der Waals surface area contributed by atoms with Crippen molar-refractivity contribution in [2.45, 2.75) is 52.7 Å². The molecule has 0 aromatic carbocycles. The molecule has 1 aromatic rings. The number of aryl methyl sites for hydroxylation is 1. The number of rotatable bonds is 2. The van der Waals surface area contributed by atoms with Crippen molar-refractivity contribution < 1.29 is 13.7 Å². The zero-order valence-corrected chi connectivity index (χ0v) is 13.0. The second kappa shape index (κ2) is 4.97. The number of halogens is 1. The van der Waals surface area contributed by atoms with Crippen molar-refractivity contribution >= 4 is 13.2 Å². The summed E-state index contributed by atoms with van der Waals surface area (Å²) >= 11 is 0. The van der Waals surface area contributed by atoms with E-state index < -0.39 is 13.1 Å². The van der Waals surface area contributed by atoms with Crippen molar-refractivity contribution in [1.29, 1.82) is 0 Å². The van der Waals surface area contributed by atoms with Crippen LogP contribution in [0.4, 0.5) is 4.39 Å². The fourth-order valence-corrected chi connectivity index (χ4v) is 1.93. The molecule has 0 radical (unpaired) electrons. The van der Waals surface area contributed by atoms with E-state index in [4.69, 9.17) is 9.31 Å². The Morgan fingerprint density at radius 2 is 1.75 bits per heavy atom. The summed E-state index contributed by atoms with van der Waals surface area (Å²) in [6, 6.07) is 3.50. The van der Waals surface area contributed by atoms with Crippen molar-refractivity contribution in [3.05, 3.63) is 34.8 Å². The summed E-state index contributed by atoms with van der Waals surface area (Å²) in [7, 11) is -0.425. The molecule has 0 spiro atoms. The van der Waals surface area contributed by atoms with Crippen molar-refractivity contribution in [2.75, 3.05) is 0 Å². The van der Waals surface area contributed by atoms with Crippen LogP contribution < -0.4 is 0 Å². The van der Waals surface area contributed by atoms with Gasteiger partial charge in [-0.3, -0.25) is 0 Å². The average Bonchev–Trinajstić information content (AvgIpc) is 2.53. The number of allylic oxidation sites excluding steroid dienone is 1. The summed E-state index contributed by atoms with van der Waals surface area (Å²) in [4.78, 5) is 3.90. The van der Waals surface area contributed by atoms with E-state index in [-0.39, 0.29) is 11.2 Å². The molecule has 5 heteroatoms. The fourth-order valence-electron chi connectivity index (χ4n) is 1.93. The molecule has 0 aliphatic carbocycles. The van der Waals surface area contributed by atoms with Gasteiger partial charge in [0.05, 0.1) is 16.9 Å². The van der Waals surface area contributed by atoms with E-state index >= 15 is 0 Å². The molecule has 0 bridgehead atoms. The van der Waals surface area contributed by atoms with Crippen LogP contribution in [-0.2, 0) is 9.31 Å². The van der Waals surface area contributed by atoms with Crippen molar-refractivity contribution in [3.63, 3.8) is 0 Å². The minimum atomic E-state index is -0.444. The van der Waals surface area contributed by atoms with Gasteiger partial charge in [-0.05, 0) is 59.2 Å². The summed E-state index contributed by atoms with van der Waals surface area (Å²) in [6.07, 6.45) is 1.80. The molecule has 1 aromatic heterocycles. The predicted molar refractivity (Wildman–Crippen MR) is 78.7 cm³/mol. The maximum Gasteiger partial charge on any atom is 0.490 e. The Balaban J connectivity index is 2.22. The first kappa shape index (κ1) is 15.2. The van der Waals surface area contributed by atoms with Crippen molar-refractivity contribution in [1.82, 2.24) is 4.98 Å². The van der Waals surface area contributed by atoms with Gasteiger partial charge in [-0.25, -0.2) is 4.98 Å². The van der Waals surface area contributed by atoms with Crippen LogP contribution in [0.1, 0.15) is 45.9 Å². The first-order valence-electron chi connectivity index (χ1n) is 6.79. The molecule has 2 rings (SSSR count). The second-order valence-corrected chi connectivity index (χ2v) is 6.32. The average molecular weight is 277 g/mol. The molecule has 108 valence electrons. The molecule has 1 saturated heterocycles. The molecule has 20 heavy (non-hydrogen) atoms. The summed E-state index contributed by atoms with van der Waals surface area (Å²) < 4.78 is 25.3. The van der Waals surface area contributed by atoms with Gasteiger partial charge in [0.2, 0.25) is 5.95 Å². The quantitative estimate of drug-likeness (QED) is 0.611. The normalized spacial score (nSPS) is 21.4. The zero-order valence-electron chi connectivity index (χ0n) is 13.0. The van der Waals surface area contributed by atoms with E-state index in [1.807, 2.05) is 34.6 Å². The summed E-state index contributed by atoms with van der Waals surface area (Å²) in [5.41, 5.74) is 1.23. The topological polar surface area (TPSA) is 31.4 Å². The number of nitrogens with zero attached hydrogens (tertiary/aromatic N) is 1. The Kier molecular flexibility index (Phi) is 3.78. The largest absolute Gasteiger partial charge is 0.490 e. The maximum absolute atomic E-state index is 13.5. The maximum atomic E-state index is 13.5. The van der Waals surface area contributed by atoms with Crippen LogP contribution >= 0.6 is 0 Å². The van der Waals surface area contributed by atoms with Crippen LogP contribution in [0.15, 0.2) is 17.6 Å². The number of hydrogen-bond acceptors (Lipinski definition) is 3. The van der Waals surface area contributed by atoms with Crippen LogP contribution in [0, 0.1) is 12.9 Å². The molecule has 0 amide bonds. The number of pyridine rings is 1. The van der Waals surface area contributed by atoms with Crippen molar-refractivity contribution in [2.24, 2.45) is 0 Å². The van der Waals surface area contributed by atoms with Gasteiger partial charge < -0.3 is 9.31 Å². The minimum absolute atomic E-state index is 0.376. The zero-order chi connectivity index (χ0) is 15.1. The molecule has 0 saturated carbocycles. The predicted octanol–water partition coefficient (Wildman–Crippen LogP) is 3.56. The van der Waals surface area contributed by atoms with Crippen LogP contribution in [0.25, 0.3) is 6.08 Å². The van der Waals surface area contributed by atoms with Gasteiger partial charge in [0.15, 0.2) is 0 Å². The third kappa shape index (κ3) is 2.79. The molecule has 2 heterocycles. The van der Waals surface area contributed by atoms with Gasteiger partial charge in [-0.15, -0.1) is 0 Å². The highest BCUT2D eigenvalue weighted by atomic mass is 19.1. The fraction of sp³-hybridized carbons (Fsp3) is 0.533. The van der Waals surface area contributed by atoms with E-state index in [2.05, 4.69) is 4.98 Å². The lowest BCUT2D eigenvalue weighted by molar-refractivity contribution is 0.00578. The van der Waals surface area contributed by atoms with Crippen LogP contribution in [0.2, 0.25) is 0 Å². The van der Waals surface area contributed by atoms with Gasteiger partial charge in [-0.2, -0.15) is 4.39 Å². The molecule has 1 aliphatic rings. The van der Waals surface area contributed by atoms with Crippen LogP contribution in [-0.4, -0.2) is 23.3 Å². The summed E-state index contributed by atoms with van der Waals surface area (Å²) in [5, 5.41) is 0. The lowest BCUT2D eigenvalue weighted by Gasteiger charge is -2.32. The van der Waals surface area contributed by atoms with Crippen LogP contribution in [0.3, 0.4) is 0 Å². The standard InChI is InChI=1S/C15H21BFNO2/c1-10-7-8-12(18-13(10)17)9-11(2)16-19-14(3,4)15(5,6)20-16/h7-9H,1-6H3/b11-9+. The SMILES string of the molecule is C/C(=C\c1ccc(C)c(F)n1)B1OC(C)(C)C(C)(C)O1. The third-order valence-electron chi connectivity index (χ3n) is 4.06. The van der Waals surface area contributed by atoms with E-state index in [0.29, 0.717) is 11.3 Å². The summed E-state index contributed by atoms with van der Waals surface area (Å²) in [5.74, 6) is -0.444.